The van der Waals surface area contributed by atoms with Gasteiger partial charge in [-0.05, 0) is 47.4 Å². The molecule has 0 aliphatic heterocycles. The fraction of sp³-hybridized carbons (Fsp3) is 0.400. The minimum absolute atomic E-state index is 0.0279. The van der Waals surface area contributed by atoms with E-state index in [0.29, 0.717) is 12.8 Å². The largest absolute Gasteiger partial charge is 0.480 e. The highest BCUT2D eigenvalue weighted by atomic mass is 32.2. The Morgan fingerprint density at radius 1 is 1.00 bits per heavy atom. The van der Waals surface area contributed by atoms with E-state index < -0.39 is 39.9 Å². The predicted octanol–water partition coefficient (Wildman–Crippen LogP) is 2.31. The lowest BCUT2D eigenvalue weighted by Crippen LogP contribution is -2.53. The summed E-state index contributed by atoms with van der Waals surface area (Å²) >= 11 is 0. The summed E-state index contributed by atoms with van der Waals surface area (Å²) < 4.78 is 28.8. The van der Waals surface area contributed by atoms with E-state index in [9.17, 15) is 27.9 Å². The SMILES string of the molecule is CS(=O)(=O)CCC(NC(=O)OCC1c2ccccc2-c2ccccc21)C(=O)NC(C(=O)O)C1CC1. The molecule has 3 N–H and O–H groups in total. The highest BCUT2D eigenvalue weighted by Gasteiger charge is 2.39. The van der Waals surface area contributed by atoms with E-state index in [1.807, 2.05) is 48.5 Å². The van der Waals surface area contributed by atoms with Crippen LogP contribution in [0.1, 0.15) is 36.3 Å². The van der Waals surface area contributed by atoms with Gasteiger partial charge in [-0.15, -0.1) is 0 Å². The third-order valence-corrected chi connectivity index (χ3v) is 7.36. The van der Waals surface area contributed by atoms with Gasteiger partial charge < -0.3 is 20.5 Å². The first-order valence-electron chi connectivity index (χ1n) is 11.5. The molecular formula is C25H28N2O7S. The van der Waals surface area contributed by atoms with Crippen molar-refractivity contribution in [1.29, 1.82) is 0 Å². The molecule has 186 valence electrons. The minimum Gasteiger partial charge on any atom is -0.480 e. The van der Waals surface area contributed by atoms with Crippen LogP contribution in [0.3, 0.4) is 0 Å². The molecule has 0 spiro atoms. The van der Waals surface area contributed by atoms with Gasteiger partial charge in [0.25, 0.3) is 0 Å². The van der Waals surface area contributed by atoms with E-state index in [4.69, 9.17) is 4.74 Å². The topological polar surface area (TPSA) is 139 Å². The molecule has 0 saturated heterocycles. The molecule has 0 aromatic heterocycles. The van der Waals surface area contributed by atoms with Crippen molar-refractivity contribution in [3.8, 4) is 11.1 Å². The molecule has 0 radical (unpaired) electrons. The lowest BCUT2D eigenvalue weighted by Gasteiger charge is -2.21. The van der Waals surface area contributed by atoms with Crippen LogP contribution in [-0.2, 0) is 24.2 Å². The van der Waals surface area contributed by atoms with E-state index in [1.54, 1.807) is 0 Å². The van der Waals surface area contributed by atoms with Crippen LogP contribution < -0.4 is 10.6 Å². The number of amides is 2. The standard InChI is InChI=1S/C25H28N2O7S/c1-35(32,33)13-12-21(23(28)27-22(24(29)30)15-10-11-15)26-25(31)34-14-20-18-8-4-2-6-16(18)17-7-3-5-9-19(17)20/h2-9,15,20-22H,10-14H2,1H3,(H,26,31)(H,27,28)(H,29,30). The number of carboxylic acids is 1. The highest BCUT2D eigenvalue weighted by molar-refractivity contribution is 7.90. The van der Waals surface area contributed by atoms with Crippen LogP contribution in [0.25, 0.3) is 11.1 Å². The van der Waals surface area contributed by atoms with Gasteiger partial charge in [-0.1, -0.05) is 48.5 Å². The smallest absolute Gasteiger partial charge is 0.407 e. The zero-order valence-electron chi connectivity index (χ0n) is 19.3. The normalized spacial score (nSPS) is 16.5. The summed E-state index contributed by atoms with van der Waals surface area (Å²) in [6.45, 7) is 0.0279. The minimum atomic E-state index is -3.42. The van der Waals surface area contributed by atoms with E-state index in [0.717, 1.165) is 28.5 Å². The molecule has 2 atom stereocenters. The van der Waals surface area contributed by atoms with Crippen molar-refractivity contribution in [1.82, 2.24) is 10.6 Å². The predicted molar refractivity (Wildman–Crippen MR) is 129 cm³/mol. The van der Waals surface area contributed by atoms with Crippen molar-refractivity contribution >= 4 is 27.8 Å². The number of nitrogens with one attached hydrogen (secondary N) is 2. The number of carbonyl (C=O) groups is 3. The van der Waals surface area contributed by atoms with Crippen LogP contribution >= 0.6 is 0 Å². The number of carbonyl (C=O) groups excluding carboxylic acids is 2. The van der Waals surface area contributed by atoms with Crippen molar-refractivity contribution in [2.45, 2.75) is 37.3 Å². The Kier molecular flexibility index (Phi) is 7.11. The summed E-state index contributed by atoms with van der Waals surface area (Å²) in [5.74, 6) is -2.61. The molecular weight excluding hydrogens is 472 g/mol. The van der Waals surface area contributed by atoms with Crippen LogP contribution in [0.5, 0.6) is 0 Å². The van der Waals surface area contributed by atoms with Crippen molar-refractivity contribution in [2.24, 2.45) is 5.92 Å². The molecule has 2 amide bonds. The number of hydrogen-bond donors (Lipinski definition) is 3. The summed E-state index contributed by atoms with van der Waals surface area (Å²) in [6, 6.07) is 13.4. The number of ether oxygens (including phenoxy) is 1. The second-order valence-corrected chi connectivity index (χ2v) is 11.4. The summed E-state index contributed by atoms with van der Waals surface area (Å²) in [5, 5.41) is 14.3. The lowest BCUT2D eigenvalue weighted by molar-refractivity contribution is -0.142. The Labute approximate surface area is 203 Å². The fourth-order valence-electron chi connectivity index (χ4n) is 4.45. The summed E-state index contributed by atoms with van der Waals surface area (Å²) in [4.78, 5) is 36.9. The number of fused-ring (bicyclic) bond motifs is 3. The number of hydrogen-bond acceptors (Lipinski definition) is 6. The van der Waals surface area contributed by atoms with Crippen molar-refractivity contribution in [3.05, 3.63) is 59.7 Å². The second kappa shape index (κ2) is 10.1. The maximum atomic E-state index is 12.8. The Hall–Kier alpha value is -3.40. The van der Waals surface area contributed by atoms with Gasteiger partial charge in [0.2, 0.25) is 5.91 Å². The molecule has 1 fully saturated rings. The third-order valence-electron chi connectivity index (χ3n) is 6.39. The average molecular weight is 501 g/mol. The van der Waals surface area contributed by atoms with E-state index >= 15 is 0 Å². The van der Waals surface area contributed by atoms with Crippen LogP contribution in [0, 0.1) is 5.92 Å². The van der Waals surface area contributed by atoms with Gasteiger partial charge in [-0.2, -0.15) is 0 Å². The fourth-order valence-corrected chi connectivity index (χ4v) is 5.11. The number of carboxylic acid groups (broad SMARTS) is 1. The van der Waals surface area contributed by atoms with Crippen molar-refractivity contribution in [3.63, 3.8) is 0 Å². The van der Waals surface area contributed by atoms with E-state index in [2.05, 4.69) is 10.6 Å². The molecule has 0 heterocycles. The average Bonchev–Trinajstić information content (AvgIpc) is 3.60. The molecule has 2 aliphatic rings. The Morgan fingerprint density at radius 2 is 1.57 bits per heavy atom. The van der Waals surface area contributed by atoms with Crippen LogP contribution in [-0.4, -0.2) is 62.2 Å². The van der Waals surface area contributed by atoms with E-state index in [-0.39, 0.29) is 30.6 Å². The van der Waals surface area contributed by atoms with Crippen LogP contribution in [0.4, 0.5) is 4.79 Å². The van der Waals surface area contributed by atoms with Gasteiger partial charge in [0.15, 0.2) is 0 Å². The number of sulfone groups is 1. The first-order chi connectivity index (χ1) is 16.6. The van der Waals surface area contributed by atoms with Gasteiger partial charge in [-0.25, -0.2) is 18.0 Å². The molecule has 9 nitrogen and oxygen atoms in total. The second-order valence-electron chi connectivity index (χ2n) is 9.10. The molecule has 1 saturated carbocycles. The molecule has 35 heavy (non-hydrogen) atoms. The summed E-state index contributed by atoms with van der Waals surface area (Å²) in [7, 11) is -3.42. The van der Waals surface area contributed by atoms with Crippen molar-refractivity contribution in [2.75, 3.05) is 18.6 Å². The Morgan fingerprint density at radius 3 is 2.09 bits per heavy atom. The molecule has 2 aromatic carbocycles. The van der Waals surface area contributed by atoms with Crippen LogP contribution in [0.2, 0.25) is 0 Å². The summed E-state index contributed by atoms with van der Waals surface area (Å²) in [6.07, 6.45) is 1.32. The number of aliphatic carboxylic acids is 1. The van der Waals surface area contributed by atoms with Gasteiger partial charge in [-0.3, -0.25) is 4.79 Å². The van der Waals surface area contributed by atoms with Crippen molar-refractivity contribution < 1.29 is 32.6 Å². The van der Waals surface area contributed by atoms with Crippen LogP contribution in [0.15, 0.2) is 48.5 Å². The Balaban J connectivity index is 1.43. The molecule has 2 aromatic rings. The van der Waals surface area contributed by atoms with E-state index in [1.165, 1.54) is 0 Å². The first-order valence-corrected chi connectivity index (χ1v) is 13.5. The molecule has 2 aliphatic carbocycles. The number of rotatable bonds is 10. The quantitative estimate of drug-likeness (QED) is 0.455. The van der Waals surface area contributed by atoms with Gasteiger partial charge in [0.05, 0.1) is 5.75 Å². The number of benzene rings is 2. The summed E-state index contributed by atoms with van der Waals surface area (Å²) in [5.41, 5.74) is 4.20. The van der Waals surface area contributed by atoms with Gasteiger partial charge in [0.1, 0.15) is 28.5 Å². The molecule has 4 rings (SSSR count). The maximum absolute atomic E-state index is 12.8. The zero-order chi connectivity index (χ0) is 25.2. The zero-order valence-corrected chi connectivity index (χ0v) is 20.1. The molecule has 0 bridgehead atoms. The Bertz CT molecular complexity index is 1190. The van der Waals surface area contributed by atoms with Gasteiger partial charge in [0, 0.05) is 12.2 Å². The monoisotopic (exact) mass is 500 g/mol. The first kappa shape index (κ1) is 24.7. The number of alkyl carbamates (subject to hydrolysis) is 1. The highest BCUT2D eigenvalue weighted by Crippen LogP contribution is 2.44. The maximum Gasteiger partial charge on any atom is 0.407 e. The third kappa shape index (κ3) is 6.00. The lowest BCUT2D eigenvalue weighted by atomic mass is 9.98. The molecule has 2 unspecified atom stereocenters. The molecule has 10 heteroatoms. The van der Waals surface area contributed by atoms with Gasteiger partial charge >= 0.3 is 12.1 Å².